The fourth-order valence-electron chi connectivity index (χ4n) is 4.86. The van der Waals surface area contributed by atoms with Gasteiger partial charge in [0.05, 0.1) is 19.1 Å². The van der Waals surface area contributed by atoms with E-state index in [-0.39, 0.29) is 23.7 Å². The minimum Gasteiger partial charge on any atom is -0.379 e. The van der Waals surface area contributed by atoms with Gasteiger partial charge < -0.3 is 15.4 Å². The lowest BCUT2D eigenvalue weighted by molar-refractivity contribution is -0.118. The number of pyridine rings is 1. The van der Waals surface area contributed by atoms with Crippen molar-refractivity contribution >= 4 is 23.5 Å². The lowest BCUT2D eigenvalue weighted by Crippen LogP contribution is -2.36. The third kappa shape index (κ3) is 7.19. The van der Waals surface area contributed by atoms with Crippen LogP contribution in [0.3, 0.4) is 0 Å². The lowest BCUT2D eigenvalue weighted by atomic mass is 9.86. The van der Waals surface area contributed by atoms with Gasteiger partial charge in [-0.05, 0) is 42.0 Å². The van der Waals surface area contributed by atoms with Gasteiger partial charge in [-0.2, -0.15) is 5.10 Å². The summed E-state index contributed by atoms with van der Waals surface area (Å²) >= 11 is 0. The monoisotopic (exact) mass is 528 g/mol. The number of nitrogens with zero attached hydrogens (tertiary/aromatic N) is 3. The molecule has 0 radical (unpaired) electrons. The van der Waals surface area contributed by atoms with Crippen molar-refractivity contribution in [3.05, 3.63) is 72.1 Å². The second-order valence-corrected chi connectivity index (χ2v) is 10.6. The molecule has 2 amide bonds. The second kappa shape index (κ2) is 12.4. The number of hydrogen-bond donors (Lipinski definition) is 3. The van der Waals surface area contributed by atoms with Gasteiger partial charge in [-0.15, -0.1) is 0 Å². The Morgan fingerprint density at radius 3 is 2.62 bits per heavy atom. The fourth-order valence-corrected chi connectivity index (χ4v) is 4.86. The van der Waals surface area contributed by atoms with Crippen LogP contribution in [0, 0.1) is 5.92 Å². The number of hydrogen-bond acceptors (Lipinski definition) is 6. The molecule has 9 nitrogen and oxygen atoms in total. The number of nitrogens with one attached hydrogen (secondary N) is 3. The van der Waals surface area contributed by atoms with Crippen LogP contribution in [0.25, 0.3) is 11.1 Å². The van der Waals surface area contributed by atoms with Crippen LogP contribution in [0.2, 0.25) is 0 Å². The van der Waals surface area contributed by atoms with Crippen molar-refractivity contribution in [1.29, 1.82) is 0 Å². The van der Waals surface area contributed by atoms with Crippen molar-refractivity contribution < 1.29 is 14.3 Å². The van der Waals surface area contributed by atoms with Gasteiger partial charge >= 0.3 is 0 Å². The number of amides is 2. The van der Waals surface area contributed by atoms with Crippen LogP contribution in [0.1, 0.15) is 49.8 Å². The maximum Gasteiger partial charge on any atom is 0.249 e. The topological polar surface area (TPSA) is 112 Å². The minimum absolute atomic E-state index is 0.0751. The summed E-state index contributed by atoms with van der Waals surface area (Å²) in [5, 5.41) is 13.1. The standard InChI is InChI=1S/C30H36N6O3/c1-20(2)29(30(38)33-27-18-25(34-35-27)21-8-9-21)23-6-3-5-22(17-23)24-10-11-26(31-19-24)32-28(37)7-4-12-36-13-15-39-16-14-36/h3-7,10-11,17-21,29H,8-9,12-16H2,1-2H3,(H,31,32,37)(H2,33,34,35,38)/b7-4+/t29-/m0/s1. The highest BCUT2D eigenvalue weighted by molar-refractivity contribution is 5.98. The molecule has 3 N–H and O–H groups in total. The van der Waals surface area contributed by atoms with Crippen molar-refractivity contribution in [2.75, 3.05) is 43.5 Å². The number of carbonyl (C=O) groups excluding carboxylic acids is 2. The van der Waals surface area contributed by atoms with Crippen molar-refractivity contribution in [2.24, 2.45) is 5.92 Å². The molecule has 9 heteroatoms. The molecule has 2 aliphatic rings. The first-order chi connectivity index (χ1) is 19.0. The highest BCUT2D eigenvalue weighted by Crippen LogP contribution is 2.39. The van der Waals surface area contributed by atoms with Crippen LogP contribution >= 0.6 is 0 Å². The first-order valence-corrected chi connectivity index (χ1v) is 13.7. The highest BCUT2D eigenvalue weighted by atomic mass is 16.5. The Labute approximate surface area is 229 Å². The summed E-state index contributed by atoms with van der Waals surface area (Å²) in [6.07, 6.45) is 7.48. The van der Waals surface area contributed by atoms with Crippen molar-refractivity contribution in [1.82, 2.24) is 20.1 Å². The quantitative estimate of drug-likeness (QED) is 0.333. The Kier molecular flexibility index (Phi) is 8.48. The molecule has 0 bridgehead atoms. The Bertz CT molecular complexity index is 1310. The normalized spacial score (nSPS) is 16.9. The summed E-state index contributed by atoms with van der Waals surface area (Å²) in [5.74, 6) is 1.08. The van der Waals surface area contributed by atoms with Gasteiger partial charge in [-0.25, -0.2) is 4.98 Å². The summed E-state index contributed by atoms with van der Waals surface area (Å²) in [5.41, 5.74) is 3.88. The summed E-state index contributed by atoms with van der Waals surface area (Å²) in [6.45, 7) is 8.04. The molecule has 5 rings (SSSR count). The zero-order valence-corrected chi connectivity index (χ0v) is 22.5. The lowest BCUT2D eigenvalue weighted by Gasteiger charge is -2.24. The van der Waals surface area contributed by atoms with E-state index < -0.39 is 0 Å². The predicted molar refractivity (Wildman–Crippen MR) is 151 cm³/mol. The number of ether oxygens (including phenoxy) is 1. The average Bonchev–Trinajstić information content (AvgIpc) is 3.68. The van der Waals surface area contributed by atoms with E-state index in [1.807, 2.05) is 56.3 Å². The van der Waals surface area contributed by atoms with Gasteiger partial charge in [0.2, 0.25) is 11.8 Å². The predicted octanol–water partition coefficient (Wildman–Crippen LogP) is 4.55. The molecule has 204 valence electrons. The van der Waals surface area contributed by atoms with Crippen LogP contribution in [0.5, 0.6) is 0 Å². The third-order valence-corrected chi connectivity index (χ3v) is 7.15. The van der Waals surface area contributed by atoms with E-state index in [2.05, 4.69) is 30.7 Å². The van der Waals surface area contributed by atoms with Crippen LogP contribution in [0.15, 0.2) is 60.8 Å². The number of benzene rings is 1. The van der Waals surface area contributed by atoms with Gasteiger partial charge in [0, 0.05) is 55.1 Å². The highest BCUT2D eigenvalue weighted by Gasteiger charge is 2.28. The first kappa shape index (κ1) is 26.8. The van der Waals surface area contributed by atoms with Gasteiger partial charge in [-0.3, -0.25) is 19.6 Å². The van der Waals surface area contributed by atoms with E-state index in [0.717, 1.165) is 55.2 Å². The molecule has 1 saturated carbocycles. The van der Waals surface area contributed by atoms with Gasteiger partial charge in [-0.1, -0.05) is 44.2 Å². The molecule has 1 aliphatic carbocycles. The van der Waals surface area contributed by atoms with Crippen LogP contribution in [-0.4, -0.2) is 64.7 Å². The first-order valence-electron chi connectivity index (χ1n) is 13.7. The largest absolute Gasteiger partial charge is 0.379 e. The van der Waals surface area contributed by atoms with E-state index in [1.54, 1.807) is 18.3 Å². The molecule has 0 spiro atoms. The molecule has 2 fully saturated rings. The number of rotatable bonds is 10. The Balaban J connectivity index is 1.21. The second-order valence-electron chi connectivity index (χ2n) is 10.6. The number of carbonyl (C=O) groups is 2. The molecule has 1 aliphatic heterocycles. The average molecular weight is 529 g/mol. The Morgan fingerprint density at radius 2 is 1.90 bits per heavy atom. The summed E-state index contributed by atoms with van der Waals surface area (Å²) in [7, 11) is 0. The van der Waals surface area contributed by atoms with Crippen molar-refractivity contribution in [3.63, 3.8) is 0 Å². The molecule has 0 unspecified atom stereocenters. The number of morpholine rings is 1. The number of aromatic amines is 1. The third-order valence-electron chi connectivity index (χ3n) is 7.15. The molecule has 1 atom stereocenters. The van der Waals surface area contributed by atoms with Gasteiger partial charge in [0.15, 0.2) is 5.82 Å². The van der Waals surface area contributed by atoms with Gasteiger partial charge in [0.25, 0.3) is 0 Å². The number of anilines is 2. The van der Waals surface area contributed by atoms with E-state index >= 15 is 0 Å². The van der Waals surface area contributed by atoms with Crippen molar-refractivity contribution in [2.45, 2.75) is 38.5 Å². The van der Waals surface area contributed by atoms with E-state index in [1.165, 1.54) is 12.8 Å². The van der Waals surface area contributed by atoms with E-state index in [9.17, 15) is 9.59 Å². The van der Waals surface area contributed by atoms with E-state index in [0.29, 0.717) is 17.6 Å². The molecular formula is C30H36N6O3. The Morgan fingerprint density at radius 1 is 1.08 bits per heavy atom. The maximum atomic E-state index is 13.3. The summed E-state index contributed by atoms with van der Waals surface area (Å²) in [6, 6.07) is 13.6. The van der Waals surface area contributed by atoms with Crippen LogP contribution < -0.4 is 10.6 Å². The zero-order valence-electron chi connectivity index (χ0n) is 22.5. The summed E-state index contributed by atoms with van der Waals surface area (Å²) < 4.78 is 5.34. The smallest absolute Gasteiger partial charge is 0.249 e. The molecule has 3 aromatic rings. The van der Waals surface area contributed by atoms with Gasteiger partial charge in [0.1, 0.15) is 5.82 Å². The van der Waals surface area contributed by atoms with E-state index in [4.69, 9.17) is 4.74 Å². The molecule has 39 heavy (non-hydrogen) atoms. The zero-order chi connectivity index (χ0) is 27.2. The molecule has 1 saturated heterocycles. The molecular weight excluding hydrogens is 492 g/mol. The molecule has 2 aromatic heterocycles. The molecule has 1 aromatic carbocycles. The minimum atomic E-state index is -0.332. The number of H-pyrrole nitrogens is 1. The molecule has 3 heterocycles. The van der Waals surface area contributed by atoms with Crippen LogP contribution in [-0.2, 0) is 14.3 Å². The maximum absolute atomic E-state index is 13.3. The van der Waals surface area contributed by atoms with Crippen molar-refractivity contribution in [3.8, 4) is 11.1 Å². The van der Waals surface area contributed by atoms with Crippen LogP contribution in [0.4, 0.5) is 11.6 Å². The SMILES string of the molecule is CC(C)[C@H](C(=O)Nc1cc(C2CC2)[nH]n1)c1cccc(-c2ccc(NC(=O)/C=C/CN3CCOCC3)nc2)c1. The number of aromatic nitrogens is 3. The fraction of sp³-hybridized carbons (Fsp3) is 0.400. The Hall–Kier alpha value is -3.82. The summed E-state index contributed by atoms with van der Waals surface area (Å²) in [4.78, 5) is 32.2.